The topological polar surface area (TPSA) is 89.4 Å². The van der Waals surface area contributed by atoms with Crippen LogP contribution in [0.25, 0.3) is 11.5 Å². The second-order valence-electron chi connectivity index (χ2n) is 4.93. The minimum absolute atomic E-state index is 0.268. The third kappa shape index (κ3) is 2.98. The van der Waals surface area contributed by atoms with Crippen LogP contribution in [0.15, 0.2) is 22.6 Å². The van der Waals surface area contributed by atoms with E-state index in [1.54, 1.807) is 6.07 Å². The molecule has 2 aromatic heterocycles. The third-order valence-electron chi connectivity index (χ3n) is 3.28. The van der Waals surface area contributed by atoms with Crippen LogP contribution in [-0.2, 0) is 14.3 Å². The van der Waals surface area contributed by atoms with Gasteiger partial charge in [0.15, 0.2) is 17.7 Å². The molecule has 3 rings (SSSR count). The van der Waals surface area contributed by atoms with Crippen LogP contribution in [-0.4, -0.2) is 41.5 Å². The molecule has 2 atom stereocenters. The monoisotopic (exact) mass is 291 g/mol. The van der Waals surface area contributed by atoms with Crippen LogP contribution in [0.1, 0.15) is 12.7 Å². The minimum atomic E-state index is -0.621. The summed E-state index contributed by atoms with van der Waals surface area (Å²) in [4.78, 5) is 12.1. The zero-order chi connectivity index (χ0) is 14.8. The summed E-state index contributed by atoms with van der Waals surface area (Å²) < 4.78 is 16.3. The number of rotatable bonds is 3. The molecule has 1 fully saturated rings. The molecular weight excluding hydrogens is 274 g/mol. The number of carbonyl (C=O) groups excluding carboxylic acids is 1. The molecule has 3 heterocycles. The molecule has 1 saturated heterocycles. The summed E-state index contributed by atoms with van der Waals surface area (Å²) in [6.45, 7) is 4.60. The van der Waals surface area contributed by atoms with Gasteiger partial charge in [0.2, 0.25) is 0 Å². The lowest BCUT2D eigenvalue weighted by Gasteiger charge is -2.27. The van der Waals surface area contributed by atoms with Crippen LogP contribution >= 0.6 is 0 Å². The van der Waals surface area contributed by atoms with E-state index in [1.165, 1.54) is 0 Å². The van der Waals surface area contributed by atoms with Crippen molar-refractivity contribution in [1.29, 1.82) is 0 Å². The van der Waals surface area contributed by atoms with E-state index < -0.39 is 6.10 Å². The van der Waals surface area contributed by atoms with Gasteiger partial charge in [0, 0.05) is 6.07 Å². The number of aromatic nitrogens is 2. The number of ether oxygens (including phenoxy) is 2. The summed E-state index contributed by atoms with van der Waals surface area (Å²) in [6.07, 6.45) is -0.894. The molecule has 2 aromatic rings. The maximum absolute atomic E-state index is 12.1. The van der Waals surface area contributed by atoms with Gasteiger partial charge in [0.05, 0.1) is 19.3 Å². The first-order valence-corrected chi connectivity index (χ1v) is 6.80. The molecule has 0 radical (unpaired) electrons. The number of aryl methyl sites for hydroxylation is 1. The van der Waals surface area contributed by atoms with E-state index in [1.807, 2.05) is 26.0 Å². The van der Waals surface area contributed by atoms with E-state index in [-0.39, 0.29) is 12.0 Å². The van der Waals surface area contributed by atoms with Crippen molar-refractivity contribution >= 4 is 11.7 Å². The van der Waals surface area contributed by atoms with Gasteiger partial charge in [-0.05, 0) is 26.0 Å². The molecule has 1 aliphatic heterocycles. The van der Waals surface area contributed by atoms with E-state index in [0.29, 0.717) is 30.5 Å². The van der Waals surface area contributed by atoms with Gasteiger partial charge in [-0.15, -0.1) is 0 Å². The van der Waals surface area contributed by atoms with Gasteiger partial charge in [-0.2, -0.15) is 5.10 Å². The molecule has 112 valence electrons. The fourth-order valence-corrected chi connectivity index (χ4v) is 2.21. The molecule has 1 amide bonds. The first-order valence-electron chi connectivity index (χ1n) is 6.80. The highest BCUT2D eigenvalue weighted by Gasteiger charge is 2.30. The van der Waals surface area contributed by atoms with Crippen molar-refractivity contribution in [3.8, 4) is 11.5 Å². The average Bonchev–Trinajstić information content (AvgIpc) is 3.08. The van der Waals surface area contributed by atoms with Crippen molar-refractivity contribution in [2.24, 2.45) is 0 Å². The van der Waals surface area contributed by atoms with Gasteiger partial charge in [0.25, 0.3) is 5.91 Å². The molecule has 0 aromatic carbocycles. The van der Waals surface area contributed by atoms with Gasteiger partial charge >= 0.3 is 0 Å². The van der Waals surface area contributed by atoms with Crippen molar-refractivity contribution in [1.82, 2.24) is 10.2 Å². The standard InChI is InChI=1S/C14H17N3O4/c1-8-3-4-11(21-8)10-7-12(17-16-10)15-14(18)13-9(2)19-5-6-20-13/h3-4,7,9,13H,5-6H2,1-2H3,(H2,15,16,17,18)/t9-,13-/m0/s1. The fourth-order valence-electron chi connectivity index (χ4n) is 2.21. The lowest BCUT2D eigenvalue weighted by Crippen LogP contribution is -2.44. The van der Waals surface area contributed by atoms with Gasteiger partial charge in [-0.3, -0.25) is 9.89 Å². The van der Waals surface area contributed by atoms with E-state index in [9.17, 15) is 4.79 Å². The first kappa shape index (κ1) is 13.8. The number of hydrogen-bond acceptors (Lipinski definition) is 5. The Labute approximate surface area is 121 Å². The molecule has 1 aliphatic rings. The molecule has 21 heavy (non-hydrogen) atoms. The van der Waals surface area contributed by atoms with Crippen LogP contribution in [0.4, 0.5) is 5.82 Å². The molecule has 0 saturated carbocycles. The first-order chi connectivity index (χ1) is 10.1. The highest BCUT2D eigenvalue weighted by Crippen LogP contribution is 2.22. The summed E-state index contributed by atoms with van der Waals surface area (Å²) in [7, 11) is 0. The largest absolute Gasteiger partial charge is 0.460 e. The predicted molar refractivity (Wildman–Crippen MR) is 74.8 cm³/mol. The Morgan fingerprint density at radius 1 is 1.38 bits per heavy atom. The predicted octanol–water partition coefficient (Wildman–Crippen LogP) is 1.72. The van der Waals surface area contributed by atoms with Crippen molar-refractivity contribution in [2.75, 3.05) is 18.5 Å². The zero-order valence-corrected chi connectivity index (χ0v) is 11.9. The van der Waals surface area contributed by atoms with Crippen LogP contribution in [0, 0.1) is 6.92 Å². The quantitative estimate of drug-likeness (QED) is 0.898. The van der Waals surface area contributed by atoms with Gasteiger partial charge in [-0.25, -0.2) is 0 Å². The van der Waals surface area contributed by atoms with E-state index in [2.05, 4.69) is 15.5 Å². The number of anilines is 1. The SMILES string of the molecule is Cc1ccc(-c2cc(NC(=O)[C@H]3OCCO[C@H]3C)n[nH]2)o1. The number of furan rings is 1. The van der Waals surface area contributed by atoms with Crippen molar-refractivity contribution < 1.29 is 18.7 Å². The van der Waals surface area contributed by atoms with E-state index >= 15 is 0 Å². The summed E-state index contributed by atoms with van der Waals surface area (Å²) in [6, 6.07) is 5.42. The number of hydrogen-bond donors (Lipinski definition) is 2. The Balaban J connectivity index is 1.68. The van der Waals surface area contributed by atoms with Gasteiger partial charge in [0.1, 0.15) is 11.5 Å². The van der Waals surface area contributed by atoms with Gasteiger partial charge < -0.3 is 19.2 Å². The summed E-state index contributed by atoms with van der Waals surface area (Å²) in [5, 5.41) is 9.58. The third-order valence-corrected chi connectivity index (χ3v) is 3.28. The molecule has 0 aliphatic carbocycles. The molecule has 2 N–H and O–H groups in total. The Bertz CT molecular complexity index is 634. The van der Waals surface area contributed by atoms with E-state index in [4.69, 9.17) is 13.9 Å². The Morgan fingerprint density at radius 2 is 2.19 bits per heavy atom. The fraction of sp³-hybridized carbons (Fsp3) is 0.429. The second kappa shape index (κ2) is 5.71. The van der Waals surface area contributed by atoms with Crippen LogP contribution in [0.5, 0.6) is 0 Å². The highest BCUT2D eigenvalue weighted by molar-refractivity contribution is 5.94. The Hall–Kier alpha value is -2.12. The summed E-state index contributed by atoms with van der Waals surface area (Å²) >= 11 is 0. The maximum atomic E-state index is 12.1. The lowest BCUT2D eigenvalue weighted by atomic mass is 10.2. The number of nitrogens with zero attached hydrogens (tertiary/aromatic N) is 1. The Morgan fingerprint density at radius 3 is 2.90 bits per heavy atom. The van der Waals surface area contributed by atoms with Crippen LogP contribution < -0.4 is 5.32 Å². The molecule has 0 spiro atoms. The molecule has 7 heteroatoms. The summed E-state index contributed by atoms with van der Waals surface area (Å²) in [5.41, 5.74) is 0.701. The number of nitrogens with one attached hydrogen (secondary N) is 2. The molecule has 0 bridgehead atoms. The van der Waals surface area contributed by atoms with Crippen molar-refractivity contribution in [3.05, 3.63) is 24.0 Å². The van der Waals surface area contributed by atoms with Crippen molar-refractivity contribution in [2.45, 2.75) is 26.1 Å². The molecular formula is C14H17N3O4. The summed E-state index contributed by atoms with van der Waals surface area (Å²) in [5.74, 6) is 1.64. The second-order valence-corrected chi connectivity index (χ2v) is 4.93. The van der Waals surface area contributed by atoms with Crippen molar-refractivity contribution in [3.63, 3.8) is 0 Å². The van der Waals surface area contributed by atoms with Gasteiger partial charge in [-0.1, -0.05) is 0 Å². The highest BCUT2D eigenvalue weighted by atomic mass is 16.6. The van der Waals surface area contributed by atoms with Crippen LogP contribution in [0.2, 0.25) is 0 Å². The smallest absolute Gasteiger partial charge is 0.257 e. The van der Waals surface area contributed by atoms with E-state index in [0.717, 1.165) is 5.76 Å². The van der Waals surface area contributed by atoms with Crippen LogP contribution in [0.3, 0.4) is 0 Å². The number of amides is 1. The average molecular weight is 291 g/mol. The molecule has 7 nitrogen and oxygen atoms in total. The molecule has 0 unspecified atom stereocenters. The number of carbonyl (C=O) groups is 1. The number of H-pyrrole nitrogens is 1. The maximum Gasteiger partial charge on any atom is 0.257 e. The normalized spacial score (nSPS) is 22.2. The number of aromatic amines is 1. The minimum Gasteiger partial charge on any atom is -0.460 e. The zero-order valence-electron chi connectivity index (χ0n) is 11.9. The lowest BCUT2D eigenvalue weighted by molar-refractivity contribution is -0.157. The Kier molecular flexibility index (Phi) is 3.76.